The summed E-state index contributed by atoms with van der Waals surface area (Å²) in [5.41, 5.74) is 1.47. The molecule has 0 radical (unpaired) electrons. The lowest BCUT2D eigenvalue weighted by Gasteiger charge is -2.18. The highest BCUT2D eigenvalue weighted by molar-refractivity contribution is 6.05. The lowest BCUT2D eigenvalue weighted by molar-refractivity contribution is -0.136. The number of hydrogen-bond donors (Lipinski definition) is 0. The minimum absolute atomic E-state index is 0.208. The van der Waals surface area contributed by atoms with E-state index in [9.17, 15) is 18.0 Å². The van der Waals surface area contributed by atoms with Crippen LogP contribution in [0.5, 0.6) is 0 Å². The van der Waals surface area contributed by atoms with Gasteiger partial charge < -0.3 is 9.42 Å². The number of halogens is 3. The van der Waals surface area contributed by atoms with Crippen LogP contribution < -0.4 is 0 Å². The minimum Gasteiger partial charge on any atom is -0.341 e. The molecule has 0 spiro atoms. The van der Waals surface area contributed by atoms with Crippen LogP contribution in [0.2, 0.25) is 0 Å². The van der Waals surface area contributed by atoms with Gasteiger partial charge in [0.2, 0.25) is 0 Å². The number of carbonyl (C=O) groups excluding carboxylic acids is 1. The normalized spacial score (nSPS) is 11.9. The highest BCUT2D eigenvalue weighted by Gasteiger charge is 2.29. The fourth-order valence-electron chi connectivity index (χ4n) is 1.99. The standard InChI is InChI=1S/C13H14F3N3O2/c1-7-6-9(10-8(2)18-21-11(10)17-7)12(20)19(3)5-4-13(14,15)16/h6H,4-5H2,1-3H3. The zero-order valence-corrected chi connectivity index (χ0v) is 11.8. The largest absolute Gasteiger partial charge is 0.390 e. The number of alkyl halides is 3. The number of hydrogen-bond acceptors (Lipinski definition) is 4. The third-order valence-corrected chi connectivity index (χ3v) is 3.05. The van der Waals surface area contributed by atoms with E-state index in [2.05, 4.69) is 10.1 Å². The number of nitrogens with zero attached hydrogens (tertiary/aromatic N) is 3. The van der Waals surface area contributed by atoms with Crippen LogP contribution in [-0.2, 0) is 0 Å². The third-order valence-electron chi connectivity index (χ3n) is 3.05. The predicted molar refractivity (Wildman–Crippen MR) is 68.9 cm³/mol. The van der Waals surface area contributed by atoms with Crippen molar-refractivity contribution in [3.8, 4) is 0 Å². The summed E-state index contributed by atoms with van der Waals surface area (Å²) in [5, 5.41) is 4.17. The van der Waals surface area contributed by atoms with Gasteiger partial charge in [-0.15, -0.1) is 0 Å². The van der Waals surface area contributed by atoms with Gasteiger partial charge in [0.15, 0.2) is 0 Å². The summed E-state index contributed by atoms with van der Waals surface area (Å²) in [5.74, 6) is -0.513. The van der Waals surface area contributed by atoms with Gasteiger partial charge in [0.1, 0.15) is 0 Å². The first-order chi connectivity index (χ1) is 9.69. The molecule has 0 aliphatic rings. The molecule has 8 heteroatoms. The fraction of sp³-hybridized carbons (Fsp3) is 0.462. The molecule has 0 saturated heterocycles. The first-order valence-electron chi connectivity index (χ1n) is 6.25. The van der Waals surface area contributed by atoms with E-state index < -0.39 is 25.0 Å². The van der Waals surface area contributed by atoms with Gasteiger partial charge in [0, 0.05) is 19.3 Å². The van der Waals surface area contributed by atoms with Crippen molar-refractivity contribution >= 4 is 17.0 Å². The number of rotatable bonds is 3. The van der Waals surface area contributed by atoms with Gasteiger partial charge >= 0.3 is 6.18 Å². The molecular formula is C13H14F3N3O2. The highest BCUT2D eigenvalue weighted by atomic mass is 19.4. The summed E-state index contributed by atoms with van der Waals surface area (Å²) in [6, 6.07) is 1.53. The molecule has 2 aromatic heterocycles. The number of carbonyl (C=O) groups is 1. The van der Waals surface area contributed by atoms with Crippen LogP contribution in [0.1, 0.15) is 28.2 Å². The van der Waals surface area contributed by atoms with E-state index in [1.54, 1.807) is 13.8 Å². The lowest BCUT2D eigenvalue weighted by Crippen LogP contribution is -2.30. The molecule has 0 unspecified atom stereocenters. The average Bonchev–Trinajstić information content (AvgIpc) is 2.75. The van der Waals surface area contributed by atoms with Crippen molar-refractivity contribution < 1.29 is 22.5 Å². The van der Waals surface area contributed by atoms with Crippen molar-refractivity contribution in [3.63, 3.8) is 0 Å². The lowest BCUT2D eigenvalue weighted by atomic mass is 10.1. The molecule has 0 N–H and O–H groups in total. The topological polar surface area (TPSA) is 59.2 Å². The second kappa shape index (κ2) is 5.34. The maximum absolute atomic E-state index is 12.3. The van der Waals surface area contributed by atoms with Crippen molar-refractivity contribution in [2.75, 3.05) is 13.6 Å². The van der Waals surface area contributed by atoms with E-state index in [-0.39, 0.29) is 11.3 Å². The number of aryl methyl sites for hydroxylation is 2. The maximum atomic E-state index is 12.3. The summed E-state index contributed by atoms with van der Waals surface area (Å²) in [4.78, 5) is 17.5. The van der Waals surface area contributed by atoms with Crippen molar-refractivity contribution in [3.05, 3.63) is 23.0 Å². The summed E-state index contributed by atoms with van der Waals surface area (Å²) < 4.78 is 41.7. The van der Waals surface area contributed by atoms with Crippen molar-refractivity contribution in [1.29, 1.82) is 0 Å². The Morgan fingerprint density at radius 1 is 1.38 bits per heavy atom. The molecule has 2 rings (SSSR count). The average molecular weight is 301 g/mol. The van der Waals surface area contributed by atoms with Crippen LogP contribution in [0.4, 0.5) is 13.2 Å². The summed E-state index contributed by atoms with van der Waals surface area (Å²) in [6.45, 7) is 2.91. The quantitative estimate of drug-likeness (QED) is 0.874. The van der Waals surface area contributed by atoms with E-state index in [0.29, 0.717) is 16.8 Å². The molecule has 21 heavy (non-hydrogen) atoms. The predicted octanol–water partition coefficient (Wildman–Crippen LogP) is 2.86. The van der Waals surface area contributed by atoms with E-state index >= 15 is 0 Å². The molecule has 2 aromatic rings. The van der Waals surface area contributed by atoms with Crippen LogP contribution in [0.3, 0.4) is 0 Å². The van der Waals surface area contributed by atoms with Crippen LogP contribution in [-0.4, -0.2) is 40.7 Å². The first-order valence-corrected chi connectivity index (χ1v) is 6.25. The SMILES string of the molecule is Cc1cc(C(=O)N(C)CCC(F)(F)F)c2c(C)noc2n1. The molecule has 114 valence electrons. The first kappa shape index (κ1) is 15.3. The van der Waals surface area contributed by atoms with Gasteiger partial charge in [-0.1, -0.05) is 5.16 Å². The van der Waals surface area contributed by atoms with Crippen LogP contribution in [0, 0.1) is 13.8 Å². The molecule has 1 amide bonds. The number of amides is 1. The van der Waals surface area contributed by atoms with E-state index in [1.807, 2.05) is 0 Å². The summed E-state index contributed by atoms with van der Waals surface area (Å²) in [7, 11) is 1.33. The van der Waals surface area contributed by atoms with Gasteiger partial charge in [-0.25, -0.2) is 4.98 Å². The van der Waals surface area contributed by atoms with E-state index in [1.165, 1.54) is 13.1 Å². The number of pyridine rings is 1. The Bertz CT molecular complexity index is 679. The van der Waals surface area contributed by atoms with Crippen LogP contribution in [0.25, 0.3) is 11.1 Å². The Hall–Kier alpha value is -2.12. The van der Waals surface area contributed by atoms with Gasteiger partial charge in [0.05, 0.1) is 23.1 Å². The second-order valence-electron chi connectivity index (χ2n) is 4.85. The molecule has 0 bridgehead atoms. The van der Waals surface area contributed by atoms with E-state index in [0.717, 1.165) is 4.90 Å². The Labute approximate surface area is 118 Å². The number of aromatic nitrogens is 2. The Morgan fingerprint density at radius 3 is 2.67 bits per heavy atom. The van der Waals surface area contributed by atoms with Crippen molar-refractivity contribution in [1.82, 2.24) is 15.0 Å². The minimum atomic E-state index is -4.30. The van der Waals surface area contributed by atoms with Crippen molar-refractivity contribution in [2.45, 2.75) is 26.4 Å². The van der Waals surface area contributed by atoms with Gasteiger partial charge in [-0.05, 0) is 19.9 Å². The zero-order valence-electron chi connectivity index (χ0n) is 11.8. The molecule has 0 atom stereocenters. The Morgan fingerprint density at radius 2 is 2.05 bits per heavy atom. The summed E-state index contributed by atoms with van der Waals surface area (Å²) in [6.07, 6.45) is -5.35. The van der Waals surface area contributed by atoms with Gasteiger partial charge in [0.25, 0.3) is 11.6 Å². The van der Waals surface area contributed by atoms with Crippen molar-refractivity contribution in [2.24, 2.45) is 0 Å². The molecule has 0 aromatic carbocycles. The van der Waals surface area contributed by atoms with Crippen LogP contribution >= 0.6 is 0 Å². The summed E-state index contributed by atoms with van der Waals surface area (Å²) >= 11 is 0. The maximum Gasteiger partial charge on any atom is 0.390 e. The van der Waals surface area contributed by atoms with Gasteiger partial charge in [-0.3, -0.25) is 4.79 Å². The molecule has 5 nitrogen and oxygen atoms in total. The molecule has 0 saturated carbocycles. The fourth-order valence-corrected chi connectivity index (χ4v) is 1.99. The van der Waals surface area contributed by atoms with Gasteiger partial charge in [-0.2, -0.15) is 13.2 Å². The molecule has 2 heterocycles. The monoisotopic (exact) mass is 301 g/mol. The molecule has 0 aliphatic heterocycles. The Balaban J connectivity index is 2.32. The zero-order chi connectivity index (χ0) is 15.8. The Kier molecular flexibility index (Phi) is 3.89. The molecular weight excluding hydrogens is 287 g/mol. The second-order valence-corrected chi connectivity index (χ2v) is 4.85. The smallest absolute Gasteiger partial charge is 0.341 e. The number of fused-ring (bicyclic) bond motifs is 1. The molecule has 0 fully saturated rings. The van der Waals surface area contributed by atoms with Crippen LogP contribution in [0.15, 0.2) is 10.6 Å². The molecule has 0 aliphatic carbocycles. The van der Waals surface area contributed by atoms with E-state index in [4.69, 9.17) is 4.52 Å². The highest BCUT2D eigenvalue weighted by Crippen LogP contribution is 2.24. The third kappa shape index (κ3) is 3.32.